The SMILES string of the molecule is Cc1cc(S(=O)(=O)NCCc2scnc2C)ccc1F. The monoisotopic (exact) mass is 314 g/mol. The van der Waals surface area contributed by atoms with E-state index in [0.717, 1.165) is 16.6 Å². The molecule has 108 valence electrons. The zero-order valence-corrected chi connectivity index (χ0v) is 12.8. The number of thiazole rings is 1. The molecule has 0 saturated heterocycles. The molecule has 0 aliphatic carbocycles. The minimum atomic E-state index is -3.60. The van der Waals surface area contributed by atoms with E-state index in [9.17, 15) is 12.8 Å². The molecular weight excluding hydrogens is 299 g/mol. The molecule has 0 saturated carbocycles. The Hall–Kier alpha value is -1.31. The summed E-state index contributed by atoms with van der Waals surface area (Å²) in [5.41, 5.74) is 2.97. The maximum absolute atomic E-state index is 13.1. The van der Waals surface area contributed by atoms with Crippen molar-refractivity contribution >= 4 is 21.4 Å². The second-order valence-corrected chi connectivity index (χ2v) is 7.13. The molecule has 20 heavy (non-hydrogen) atoms. The summed E-state index contributed by atoms with van der Waals surface area (Å²) >= 11 is 1.50. The van der Waals surface area contributed by atoms with Gasteiger partial charge >= 0.3 is 0 Å². The molecule has 1 heterocycles. The van der Waals surface area contributed by atoms with Gasteiger partial charge in [0, 0.05) is 11.4 Å². The fraction of sp³-hybridized carbons (Fsp3) is 0.308. The highest BCUT2D eigenvalue weighted by Crippen LogP contribution is 2.15. The lowest BCUT2D eigenvalue weighted by atomic mass is 10.2. The van der Waals surface area contributed by atoms with Gasteiger partial charge in [0.05, 0.1) is 16.1 Å². The standard InChI is InChI=1S/C13H15FN2O2S2/c1-9-7-11(3-4-12(9)14)20(17,18)16-6-5-13-10(2)15-8-19-13/h3-4,7-8,16H,5-6H2,1-2H3. The van der Waals surface area contributed by atoms with Crippen molar-refractivity contribution in [3.63, 3.8) is 0 Å². The predicted octanol–water partition coefficient (Wildman–Crippen LogP) is 2.42. The number of aryl methyl sites for hydroxylation is 2. The van der Waals surface area contributed by atoms with Crippen LogP contribution in [0.1, 0.15) is 16.1 Å². The van der Waals surface area contributed by atoms with Gasteiger partial charge in [0.1, 0.15) is 5.82 Å². The van der Waals surface area contributed by atoms with Crippen LogP contribution < -0.4 is 4.72 Å². The molecule has 0 aliphatic heterocycles. The highest BCUT2D eigenvalue weighted by molar-refractivity contribution is 7.89. The minimum absolute atomic E-state index is 0.0810. The van der Waals surface area contributed by atoms with Crippen LogP contribution in [0.2, 0.25) is 0 Å². The summed E-state index contributed by atoms with van der Waals surface area (Å²) < 4.78 is 39.8. The molecule has 1 aromatic carbocycles. The van der Waals surface area contributed by atoms with E-state index in [1.54, 1.807) is 5.51 Å². The summed E-state index contributed by atoms with van der Waals surface area (Å²) in [6, 6.07) is 3.76. The molecule has 2 rings (SSSR count). The summed E-state index contributed by atoms with van der Waals surface area (Å²) in [7, 11) is -3.60. The van der Waals surface area contributed by atoms with E-state index in [1.807, 2.05) is 6.92 Å². The van der Waals surface area contributed by atoms with Crippen LogP contribution in [0.4, 0.5) is 4.39 Å². The lowest BCUT2D eigenvalue weighted by Crippen LogP contribution is -2.26. The molecule has 7 heteroatoms. The third-order valence-electron chi connectivity index (χ3n) is 2.93. The molecule has 0 amide bonds. The number of aromatic nitrogens is 1. The van der Waals surface area contributed by atoms with Gasteiger partial charge in [0.2, 0.25) is 10.0 Å². The van der Waals surface area contributed by atoms with Gasteiger partial charge in [0.25, 0.3) is 0 Å². The van der Waals surface area contributed by atoms with Gasteiger partial charge in [-0.1, -0.05) is 0 Å². The van der Waals surface area contributed by atoms with Crippen molar-refractivity contribution in [1.29, 1.82) is 0 Å². The van der Waals surface area contributed by atoms with Crippen LogP contribution in [0.25, 0.3) is 0 Å². The zero-order chi connectivity index (χ0) is 14.8. The Morgan fingerprint density at radius 2 is 2.10 bits per heavy atom. The second kappa shape index (κ2) is 5.99. The van der Waals surface area contributed by atoms with E-state index < -0.39 is 15.8 Å². The van der Waals surface area contributed by atoms with Gasteiger partial charge in [-0.05, 0) is 44.0 Å². The fourth-order valence-corrected chi connectivity index (χ4v) is 3.63. The Balaban J connectivity index is 2.04. The molecule has 0 atom stereocenters. The third-order valence-corrected chi connectivity index (χ3v) is 5.38. The van der Waals surface area contributed by atoms with Crippen molar-refractivity contribution in [2.45, 2.75) is 25.2 Å². The number of hydrogen-bond acceptors (Lipinski definition) is 4. The maximum atomic E-state index is 13.1. The molecule has 1 aromatic heterocycles. The van der Waals surface area contributed by atoms with Crippen molar-refractivity contribution in [3.05, 3.63) is 45.7 Å². The average Bonchev–Trinajstić information content (AvgIpc) is 2.78. The first kappa shape index (κ1) is 15.1. The van der Waals surface area contributed by atoms with E-state index >= 15 is 0 Å². The predicted molar refractivity (Wildman–Crippen MR) is 76.9 cm³/mol. The van der Waals surface area contributed by atoms with E-state index in [2.05, 4.69) is 9.71 Å². The molecule has 2 aromatic rings. The smallest absolute Gasteiger partial charge is 0.240 e. The number of rotatable bonds is 5. The Labute approximate surface area is 121 Å². The lowest BCUT2D eigenvalue weighted by molar-refractivity contribution is 0.580. The number of hydrogen-bond donors (Lipinski definition) is 1. The summed E-state index contributed by atoms with van der Waals surface area (Å²) in [5.74, 6) is -0.413. The van der Waals surface area contributed by atoms with Crippen molar-refractivity contribution < 1.29 is 12.8 Å². The van der Waals surface area contributed by atoms with Crippen LogP contribution >= 0.6 is 11.3 Å². The number of nitrogens with one attached hydrogen (secondary N) is 1. The van der Waals surface area contributed by atoms with Gasteiger partial charge in [-0.3, -0.25) is 0 Å². The average molecular weight is 314 g/mol. The van der Waals surface area contributed by atoms with Crippen LogP contribution in [-0.2, 0) is 16.4 Å². The number of benzene rings is 1. The normalized spacial score (nSPS) is 11.8. The Morgan fingerprint density at radius 1 is 1.35 bits per heavy atom. The first-order valence-corrected chi connectivity index (χ1v) is 8.41. The molecule has 0 spiro atoms. The van der Waals surface area contributed by atoms with E-state index in [1.165, 1.54) is 30.4 Å². The fourth-order valence-electron chi connectivity index (χ4n) is 1.73. The molecule has 4 nitrogen and oxygen atoms in total. The summed E-state index contributed by atoms with van der Waals surface area (Å²) in [5, 5.41) is 0. The van der Waals surface area contributed by atoms with Crippen LogP contribution in [0.5, 0.6) is 0 Å². The van der Waals surface area contributed by atoms with Gasteiger partial charge < -0.3 is 0 Å². The van der Waals surface area contributed by atoms with Crippen LogP contribution in [0, 0.1) is 19.7 Å². The maximum Gasteiger partial charge on any atom is 0.240 e. The third kappa shape index (κ3) is 3.41. The Morgan fingerprint density at radius 3 is 2.70 bits per heavy atom. The topological polar surface area (TPSA) is 59.1 Å². The molecular formula is C13H15FN2O2S2. The lowest BCUT2D eigenvalue weighted by Gasteiger charge is -2.07. The van der Waals surface area contributed by atoms with Gasteiger partial charge in [0.15, 0.2) is 0 Å². The molecule has 0 fully saturated rings. The largest absolute Gasteiger partial charge is 0.250 e. The van der Waals surface area contributed by atoms with E-state index in [0.29, 0.717) is 18.5 Å². The molecule has 1 N–H and O–H groups in total. The van der Waals surface area contributed by atoms with Crippen molar-refractivity contribution in [2.24, 2.45) is 0 Å². The molecule has 0 radical (unpaired) electrons. The molecule has 0 aliphatic rings. The van der Waals surface area contributed by atoms with Crippen LogP contribution in [0.15, 0.2) is 28.6 Å². The second-order valence-electron chi connectivity index (χ2n) is 4.42. The van der Waals surface area contributed by atoms with Crippen LogP contribution in [0.3, 0.4) is 0 Å². The van der Waals surface area contributed by atoms with Gasteiger partial charge in [-0.25, -0.2) is 22.5 Å². The Kier molecular flexibility index (Phi) is 4.52. The van der Waals surface area contributed by atoms with Gasteiger partial charge in [-0.15, -0.1) is 11.3 Å². The Bertz CT molecular complexity index is 711. The quantitative estimate of drug-likeness (QED) is 0.922. The van der Waals surface area contributed by atoms with E-state index in [-0.39, 0.29) is 4.90 Å². The first-order chi connectivity index (χ1) is 9.40. The number of sulfonamides is 1. The number of halogens is 1. The minimum Gasteiger partial charge on any atom is -0.250 e. The highest BCUT2D eigenvalue weighted by Gasteiger charge is 2.15. The van der Waals surface area contributed by atoms with E-state index in [4.69, 9.17) is 0 Å². The van der Waals surface area contributed by atoms with Gasteiger partial charge in [-0.2, -0.15) is 0 Å². The van der Waals surface area contributed by atoms with Crippen molar-refractivity contribution in [2.75, 3.05) is 6.54 Å². The highest BCUT2D eigenvalue weighted by atomic mass is 32.2. The summed E-state index contributed by atoms with van der Waals surface area (Å²) in [6.07, 6.45) is 0.593. The summed E-state index contributed by atoms with van der Waals surface area (Å²) in [6.45, 7) is 3.72. The van der Waals surface area contributed by atoms with Crippen molar-refractivity contribution in [1.82, 2.24) is 9.71 Å². The first-order valence-electron chi connectivity index (χ1n) is 6.05. The van der Waals surface area contributed by atoms with Crippen molar-refractivity contribution in [3.8, 4) is 0 Å². The van der Waals surface area contributed by atoms with Crippen LogP contribution in [-0.4, -0.2) is 19.9 Å². The zero-order valence-electron chi connectivity index (χ0n) is 11.2. The molecule has 0 bridgehead atoms. The summed E-state index contributed by atoms with van der Waals surface area (Å²) in [4.78, 5) is 5.25. The molecule has 0 unspecified atom stereocenters. The number of nitrogens with zero attached hydrogens (tertiary/aromatic N) is 1.